The third kappa shape index (κ3) is 3.57. The van der Waals surface area contributed by atoms with Crippen LogP contribution in [-0.4, -0.2) is 38.9 Å². The number of nitrogens with zero attached hydrogens (tertiary/aromatic N) is 2. The van der Waals surface area contributed by atoms with Gasteiger partial charge >= 0.3 is 0 Å². The van der Waals surface area contributed by atoms with E-state index in [1.165, 1.54) is 16.4 Å². The number of piperazine rings is 1. The Bertz CT molecular complexity index is 788. The van der Waals surface area contributed by atoms with Crippen LogP contribution < -0.4 is 4.90 Å². The summed E-state index contributed by atoms with van der Waals surface area (Å²) in [6, 6.07) is 13.0. The zero-order valence-corrected chi connectivity index (χ0v) is 14.7. The lowest BCUT2D eigenvalue weighted by Gasteiger charge is -2.35. The number of rotatable bonds is 3. The van der Waals surface area contributed by atoms with E-state index in [1.807, 2.05) is 0 Å². The molecule has 0 aliphatic carbocycles. The van der Waals surface area contributed by atoms with Crippen molar-refractivity contribution in [2.45, 2.75) is 4.90 Å². The van der Waals surface area contributed by atoms with E-state index < -0.39 is 10.0 Å². The minimum atomic E-state index is -3.48. The number of benzene rings is 2. The summed E-state index contributed by atoms with van der Waals surface area (Å²) in [4.78, 5) is 2.36. The number of halogens is 2. The van der Waals surface area contributed by atoms with Crippen molar-refractivity contribution in [1.29, 1.82) is 0 Å². The fourth-order valence-corrected chi connectivity index (χ4v) is 4.63. The van der Waals surface area contributed by atoms with Gasteiger partial charge in [0.1, 0.15) is 5.82 Å². The van der Waals surface area contributed by atoms with Crippen LogP contribution in [0, 0.1) is 5.82 Å². The van der Waals surface area contributed by atoms with E-state index in [0.29, 0.717) is 31.1 Å². The molecule has 0 aromatic heterocycles. The Morgan fingerprint density at radius 2 is 1.61 bits per heavy atom. The van der Waals surface area contributed by atoms with Gasteiger partial charge in [-0.15, -0.1) is 0 Å². The van der Waals surface area contributed by atoms with E-state index in [9.17, 15) is 12.8 Å². The molecule has 0 spiro atoms. The third-order valence-electron chi connectivity index (χ3n) is 3.86. The second-order valence-electron chi connectivity index (χ2n) is 5.32. The number of hydrogen-bond acceptors (Lipinski definition) is 3. The van der Waals surface area contributed by atoms with Crippen molar-refractivity contribution in [3.8, 4) is 0 Å². The van der Waals surface area contributed by atoms with Gasteiger partial charge in [-0.2, -0.15) is 4.31 Å². The third-order valence-corrected chi connectivity index (χ3v) is 6.25. The molecule has 1 aliphatic heterocycles. The lowest BCUT2D eigenvalue weighted by Crippen LogP contribution is -2.48. The summed E-state index contributed by atoms with van der Waals surface area (Å²) in [7, 11) is -3.48. The molecule has 1 saturated heterocycles. The SMILES string of the molecule is O=S(=O)(c1cccc(Br)c1)N1CCN(c2ccc(F)cc2)CC1. The van der Waals surface area contributed by atoms with Crippen LogP contribution in [-0.2, 0) is 10.0 Å². The highest BCUT2D eigenvalue weighted by Gasteiger charge is 2.28. The molecular formula is C16H16BrFN2O2S. The van der Waals surface area contributed by atoms with E-state index in [4.69, 9.17) is 0 Å². The average molecular weight is 399 g/mol. The molecule has 0 bridgehead atoms. The van der Waals surface area contributed by atoms with Gasteiger partial charge in [0.25, 0.3) is 0 Å². The van der Waals surface area contributed by atoms with Gasteiger partial charge in [0.15, 0.2) is 0 Å². The smallest absolute Gasteiger partial charge is 0.243 e. The largest absolute Gasteiger partial charge is 0.369 e. The normalized spacial score (nSPS) is 16.5. The zero-order chi connectivity index (χ0) is 16.4. The van der Waals surface area contributed by atoms with Crippen molar-refractivity contribution in [1.82, 2.24) is 4.31 Å². The topological polar surface area (TPSA) is 40.6 Å². The van der Waals surface area contributed by atoms with Crippen LogP contribution in [0.4, 0.5) is 10.1 Å². The first kappa shape index (κ1) is 16.4. The molecule has 3 rings (SSSR count). The molecule has 0 N–H and O–H groups in total. The van der Waals surface area contributed by atoms with E-state index >= 15 is 0 Å². The van der Waals surface area contributed by atoms with Gasteiger partial charge in [-0.05, 0) is 42.5 Å². The highest BCUT2D eigenvalue weighted by atomic mass is 79.9. The molecule has 0 atom stereocenters. The van der Waals surface area contributed by atoms with E-state index in [2.05, 4.69) is 20.8 Å². The molecule has 1 fully saturated rings. The number of hydrogen-bond donors (Lipinski definition) is 0. The summed E-state index contributed by atoms with van der Waals surface area (Å²) < 4.78 is 40.5. The van der Waals surface area contributed by atoms with E-state index in [0.717, 1.165) is 10.2 Å². The second kappa shape index (κ2) is 6.59. The van der Waals surface area contributed by atoms with Crippen molar-refractivity contribution < 1.29 is 12.8 Å². The van der Waals surface area contributed by atoms with Gasteiger partial charge in [-0.1, -0.05) is 22.0 Å². The molecule has 4 nitrogen and oxygen atoms in total. The Morgan fingerprint density at radius 1 is 0.957 bits per heavy atom. The molecule has 0 amide bonds. The van der Waals surface area contributed by atoms with E-state index in [1.54, 1.807) is 36.4 Å². The van der Waals surface area contributed by atoms with E-state index in [-0.39, 0.29) is 5.82 Å². The molecule has 0 radical (unpaired) electrons. The highest BCUT2D eigenvalue weighted by molar-refractivity contribution is 9.10. The number of anilines is 1. The fourth-order valence-electron chi connectivity index (χ4n) is 2.62. The molecule has 0 saturated carbocycles. The standard InChI is InChI=1S/C16H16BrFN2O2S/c17-13-2-1-3-16(12-13)23(21,22)20-10-8-19(9-11-20)15-6-4-14(18)5-7-15/h1-7,12H,8-11H2. The minimum absolute atomic E-state index is 0.274. The van der Waals surface area contributed by atoms with Gasteiger partial charge in [0.05, 0.1) is 4.90 Å². The summed E-state index contributed by atoms with van der Waals surface area (Å²) in [5.74, 6) is -0.274. The maximum atomic E-state index is 13.0. The highest BCUT2D eigenvalue weighted by Crippen LogP contribution is 2.23. The minimum Gasteiger partial charge on any atom is -0.369 e. The molecule has 122 valence electrons. The molecule has 7 heteroatoms. The molecule has 1 heterocycles. The van der Waals surface area contributed by atoms with Gasteiger partial charge in [-0.3, -0.25) is 0 Å². The first-order valence-electron chi connectivity index (χ1n) is 7.23. The van der Waals surface area contributed by atoms with Gasteiger partial charge in [0, 0.05) is 36.3 Å². The molecule has 23 heavy (non-hydrogen) atoms. The monoisotopic (exact) mass is 398 g/mol. The molecule has 0 unspecified atom stereocenters. The Morgan fingerprint density at radius 3 is 2.22 bits per heavy atom. The predicted octanol–water partition coefficient (Wildman–Crippen LogP) is 3.10. The maximum Gasteiger partial charge on any atom is 0.243 e. The van der Waals surface area contributed by atoms with Crippen LogP contribution in [0.5, 0.6) is 0 Å². The Hall–Kier alpha value is -1.44. The lowest BCUT2D eigenvalue weighted by atomic mass is 10.2. The molecule has 2 aromatic carbocycles. The van der Waals surface area contributed by atoms with Crippen LogP contribution in [0.2, 0.25) is 0 Å². The van der Waals surface area contributed by atoms with Gasteiger partial charge < -0.3 is 4.90 Å². The van der Waals surface area contributed by atoms with Crippen LogP contribution in [0.1, 0.15) is 0 Å². The lowest BCUT2D eigenvalue weighted by molar-refractivity contribution is 0.385. The summed E-state index contributed by atoms with van der Waals surface area (Å²) in [5, 5.41) is 0. The van der Waals surface area contributed by atoms with Crippen molar-refractivity contribution in [2.75, 3.05) is 31.1 Å². The first-order chi connectivity index (χ1) is 11.0. The fraction of sp³-hybridized carbons (Fsp3) is 0.250. The summed E-state index contributed by atoms with van der Waals surface area (Å²) >= 11 is 3.30. The average Bonchev–Trinajstić information content (AvgIpc) is 2.56. The van der Waals surface area contributed by atoms with Crippen LogP contribution in [0.3, 0.4) is 0 Å². The van der Waals surface area contributed by atoms with Crippen LogP contribution in [0.15, 0.2) is 57.9 Å². The molecule has 1 aliphatic rings. The second-order valence-corrected chi connectivity index (χ2v) is 8.18. The van der Waals surface area contributed by atoms with Crippen molar-refractivity contribution in [3.05, 3.63) is 58.8 Å². The Labute approximate surface area is 143 Å². The maximum absolute atomic E-state index is 13.0. The van der Waals surface area contributed by atoms with Crippen LogP contribution >= 0.6 is 15.9 Å². The molecule has 2 aromatic rings. The molecular weight excluding hydrogens is 383 g/mol. The Kier molecular flexibility index (Phi) is 4.70. The van der Waals surface area contributed by atoms with Gasteiger partial charge in [-0.25, -0.2) is 12.8 Å². The van der Waals surface area contributed by atoms with Crippen LogP contribution in [0.25, 0.3) is 0 Å². The summed E-state index contributed by atoms with van der Waals surface area (Å²) in [5.41, 5.74) is 0.908. The Balaban J connectivity index is 1.72. The zero-order valence-electron chi connectivity index (χ0n) is 12.3. The first-order valence-corrected chi connectivity index (χ1v) is 9.46. The summed E-state index contributed by atoms with van der Waals surface area (Å²) in [6.07, 6.45) is 0. The quantitative estimate of drug-likeness (QED) is 0.797. The van der Waals surface area contributed by atoms with Gasteiger partial charge in [0.2, 0.25) is 10.0 Å². The van der Waals surface area contributed by atoms with Crippen molar-refractivity contribution in [3.63, 3.8) is 0 Å². The predicted molar refractivity (Wildman–Crippen MR) is 91.5 cm³/mol. The number of sulfonamides is 1. The van der Waals surface area contributed by atoms with Crippen molar-refractivity contribution in [2.24, 2.45) is 0 Å². The van der Waals surface area contributed by atoms with Crippen molar-refractivity contribution >= 4 is 31.6 Å². The summed E-state index contributed by atoms with van der Waals surface area (Å²) in [6.45, 7) is 1.98.